The van der Waals surface area contributed by atoms with Crippen LogP contribution in [-0.2, 0) is 30.6 Å². The molecule has 0 radical (unpaired) electrons. The van der Waals surface area contributed by atoms with E-state index in [1.807, 2.05) is 12.1 Å². The number of thiazole rings is 1. The van der Waals surface area contributed by atoms with Crippen molar-refractivity contribution < 1.29 is 4.79 Å². The maximum Gasteiger partial charge on any atom is 0.241 e. The topological polar surface area (TPSA) is 76.9 Å². The second-order valence-corrected chi connectivity index (χ2v) is 7.64. The Morgan fingerprint density at radius 2 is 2.08 bits per heavy atom. The molecule has 1 aliphatic rings. The summed E-state index contributed by atoms with van der Waals surface area (Å²) in [6.07, 6.45) is 6.73. The van der Waals surface area contributed by atoms with Gasteiger partial charge in [0.25, 0.3) is 0 Å². The molecule has 1 aliphatic carbocycles. The number of carbonyl (C=O) groups is 1. The van der Waals surface area contributed by atoms with Gasteiger partial charge in [-0.25, -0.2) is 4.98 Å². The van der Waals surface area contributed by atoms with E-state index in [0.717, 1.165) is 24.3 Å². The van der Waals surface area contributed by atoms with Crippen molar-refractivity contribution >= 4 is 28.1 Å². The monoisotopic (exact) mass is 368 g/mol. The number of amides is 1. The van der Waals surface area contributed by atoms with Gasteiger partial charge in [0.05, 0.1) is 22.4 Å². The summed E-state index contributed by atoms with van der Waals surface area (Å²) in [7, 11) is 0. The summed E-state index contributed by atoms with van der Waals surface area (Å²) in [4.78, 5) is 30.2. The molecule has 3 aromatic rings. The van der Waals surface area contributed by atoms with Gasteiger partial charge in [0.2, 0.25) is 11.3 Å². The van der Waals surface area contributed by atoms with E-state index in [2.05, 4.69) is 10.4 Å². The van der Waals surface area contributed by atoms with Crippen LogP contribution in [0.25, 0.3) is 10.9 Å². The largest absolute Gasteiger partial charge is 0.354 e. The average Bonchev–Trinajstić information content (AvgIpc) is 3.07. The number of rotatable bonds is 5. The molecule has 6 nitrogen and oxygen atoms in total. The Morgan fingerprint density at radius 3 is 2.96 bits per heavy atom. The number of carbonyl (C=O) groups excluding carboxylic acids is 1. The first-order chi connectivity index (χ1) is 12.7. The van der Waals surface area contributed by atoms with Gasteiger partial charge in [0.1, 0.15) is 6.54 Å². The first-order valence-corrected chi connectivity index (χ1v) is 9.71. The molecule has 0 saturated heterocycles. The van der Waals surface area contributed by atoms with Crippen LogP contribution in [0.15, 0.2) is 35.3 Å². The van der Waals surface area contributed by atoms with Gasteiger partial charge in [0, 0.05) is 23.2 Å². The molecular formula is C19H20N4O2S. The van der Waals surface area contributed by atoms with E-state index in [9.17, 15) is 9.59 Å². The van der Waals surface area contributed by atoms with Crippen LogP contribution in [0.3, 0.4) is 0 Å². The van der Waals surface area contributed by atoms with Crippen molar-refractivity contribution in [2.24, 2.45) is 0 Å². The molecule has 7 heteroatoms. The maximum absolute atomic E-state index is 12.3. The minimum atomic E-state index is -0.134. The van der Waals surface area contributed by atoms with E-state index in [1.165, 1.54) is 29.6 Å². The Morgan fingerprint density at radius 1 is 1.23 bits per heavy atom. The highest BCUT2D eigenvalue weighted by Crippen LogP contribution is 2.26. The molecule has 0 saturated carbocycles. The predicted octanol–water partition coefficient (Wildman–Crippen LogP) is 2.09. The zero-order chi connectivity index (χ0) is 17.9. The number of nitrogens with zero attached hydrogens (tertiary/aromatic N) is 3. The highest BCUT2D eigenvalue weighted by molar-refractivity contribution is 7.11. The molecule has 0 atom stereocenters. The summed E-state index contributed by atoms with van der Waals surface area (Å²) < 4.78 is 1.56. The summed E-state index contributed by atoms with van der Waals surface area (Å²) in [6.45, 7) is 0.651. The predicted molar refractivity (Wildman–Crippen MR) is 101 cm³/mol. The van der Waals surface area contributed by atoms with E-state index in [4.69, 9.17) is 4.98 Å². The van der Waals surface area contributed by atoms with Crippen molar-refractivity contribution in [3.8, 4) is 0 Å². The van der Waals surface area contributed by atoms with Crippen LogP contribution in [0.2, 0.25) is 0 Å². The van der Waals surface area contributed by atoms with Gasteiger partial charge in [0.15, 0.2) is 0 Å². The van der Waals surface area contributed by atoms with Gasteiger partial charge in [-0.1, -0.05) is 12.1 Å². The molecule has 0 fully saturated rings. The van der Waals surface area contributed by atoms with Crippen molar-refractivity contribution in [1.29, 1.82) is 0 Å². The van der Waals surface area contributed by atoms with Gasteiger partial charge in [-0.3, -0.25) is 14.3 Å². The maximum atomic E-state index is 12.3. The van der Waals surface area contributed by atoms with E-state index >= 15 is 0 Å². The van der Waals surface area contributed by atoms with Gasteiger partial charge >= 0.3 is 0 Å². The number of hydrogen-bond donors (Lipinski definition) is 1. The van der Waals surface area contributed by atoms with Crippen LogP contribution in [0.4, 0.5) is 0 Å². The number of para-hydroxylation sites is 1. The van der Waals surface area contributed by atoms with Crippen LogP contribution in [0.5, 0.6) is 0 Å². The third-order valence-corrected chi connectivity index (χ3v) is 5.82. The van der Waals surface area contributed by atoms with Crippen LogP contribution >= 0.6 is 11.3 Å². The standard InChI is InChI=1S/C19H20N4O2S/c24-16-11-21-23(15-7-3-1-5-13(15)16)12-18(25)20-10-9-19-22-14-6-2-4-8-17(14)26-19/h1,3,5,7,11H,2,4,6,8-10,12H2,(H,20,25). The molecule has 1 amide bonds. The number of fused-ring (bicyclic) bond motifs is 2. The van der Waals surface area contributed by atoms with Gasteiger partial charge in [-0.05, 0) is 37.8 Å². The minimum Gasteiger partial charge on any atom is -0.354 e. The van der Waals surface area contributed by atoms with E-state index in [-0.39, 0.29) is 17.9 Å². The fourth-order valence-corrected chi connectivity index (χ4v) is 4.46. The van der Waals surface area contributed by atoms with Gasteiger partial charge < -0.3 is 5.32 Å². The van der Waals surface area contributed by atoms with Crippen molar-refractivity contribution in [1.82, 2.24) is 20.1 Å². The second-order valence-electron chi connectivity index (χ2n) is 6.47. The third-order valence-electron chi connectivity index (χ3n) is 4.61. The fourth-order valence-electron chi connectivity index (χ4n) is 3.30. The van der Waals surface area contributed by atoms with Gasteiger partial charge in [-0.2, -0.15) is 5.10 Å². The Kier molecular flexibility index (Phi) is 4.79. The zero-order valence-electron chi connectivity index (χ0n) is 14.4. The lowest BCUT2D eigenvalue weighted by atomic mass is 10.0. The fraction of sp³-hybridized carbons (Fsp3) is 0.368. The van der Waals surface area contributed by atoms with Gasteiger partial charge in [-0.15, -0.1) is 11.3 Å². The quantitative estimate of drug-likeness (QED) is 0.748. The first-order valence-electron chi connectivity index (χ1n) is 8.90. The lowest BCUT2D eigenvalue weighted by molar-refractivity contribution is -0.121. The Balaban J connectivity index is 1.37. The Labute approximate surface area is 154 Å². The number of aryl methyl sites for hydroxylation is 2. The molecule has 0 aliphatic heterocycles. The van der Waals surface area contributed by atoms with Crippen LogP contribution in [0, 0.1) is 0 Å². The van der Waals surface area contributed by atoms with Crippen LogP contribution in [-0.4, -0.2) is 27.2 Å². The number of benzene rings is 1. The van der Waals surface area contributed by atoms with E-state index < -0.39 is 0 Å². The average molecular weight is 368 g/mol. The molecule has 1 N–H and O–H groups in total. The third kappa shape index (κ3) is 3.53. The molecule has 2 aromatic heterocycles. The number of aromatic nitrogens is 3. The van der Waals surface area contributed by atoms with Crippen molar-refractivity contribution in [3.05, 3.63) is 56.3 Å². The smallest absolute Gasteiger partial charge is 0.241 e. The first kappa shape index (κ1) is 16.9. The highest BCUT2D eigenvalue weighted by Gasteiger charge is 2.15. The lowest BCUT2D eigenvalue weighted by Crippen LogP contribution is -2.30. The second kappa shape index (κ2) is 7.37. The van der Waals surface area contributed by atoms with Crippen molar-refractivity contribution in [2.75, 3.05) is 6.54 Å². The molecule has 4 rings (SSSR count). The molecule has 134 valence electrons. The molecular weight excluding hydrogens is 348 g/mol. The molecule has 2 heterocycles. The Hall–Kier alpha value is -2.54. The summed E-state index contributed by atoms with van der Waals surface area (Å²) in [6, 6.07) is 7.19. The zero-order valence-corrected chi connectivity index (χ0v) is 15.2. The lowest BCUT2D eigenvalue weighted by Gasteiger charge is -2.09. The number of nitrogens with one attached hydrogen (secondary N) is 1. The summed E-state index contributed by atoms with van der Waals surface area (Å²) in [5.41, 5.74) is 1.79. The minimum absolute atomic E-state index is 0.0924. The van der Waals surface area contributed by atoms with E-state index in [0.29, 0.717) is 17.4 Å². The molecule has 0 bridgehead atoms. The van der Waals surface area contributed by atoms with Crippen molar-refractivity contribution in [2.45, 2.75) is 38.6 Å². The van der Waals surface area contributed by atoms with Crippen molar-refractivity contribution in [3.63, 3.8) is 0 Å². The van der Waals surface area contributed by atoms with Crippen LogP contribution in [0.1, 0.15) is 28.4 Å². The van der Waals surface area contributed by atoms with Crippen LogP contribution < -0.4 is 10.7 Å². The summed E-state index contributed by atoms with van der Waals surface area (Å²) in [5, 5.41) is 8.69. The molecule has 1 aromatic carbocycles. The molecule has 26 heavy (non-hydrogen) atoms. The SMILES string of the molecule is O=C(Cn1ncc(=O)c2ccccc21)NCCc1nc2c(s1)CCCC2. The highest BCUT2D eigenvalue weighted by atomic mass is 32.1. The molecule has 0 spiro atoms. The Bertz CT molecular complexity index is 985. The van der Waals surface area contributed by atoms with E-state index in [1.54, 1.807) is 28.2 Å². The number of hydrogen-bond acceptors (Lipinski definition) is 5. The molecule has 0 unspecified atom stereocenters. The summed E-state index contributed by atoms with van der Waals surface area (Å²) >= 11 is 1.78. The normalized spacial score (nSPS) is 13.5. The summed E-state index contributed by atoms with van der Waals surface area (Å²) in [5.74, 6) is -0.118.